The van der Waals surface area contributed by atoms with Gasteiger partial charge in [0.25, 0.3) is 0 Å². The highest BCUT2D eigenvalue weighted by Crippen LogP contribution is 2.30. The van der Waals surface area contributed by atoms with Crippen LogP contribution < -0.4 is 10.1 Å². The van der Waals surface area contributed by atoms with Gasteiger partial charge in [-0.3, -0.25) is 0 Å². The summed E-state index contributed by atoms with van der Waals surface area (Å²) in [6.07, 6.45) is 1.97. The Kier molecular flexibility index (Phi) is 3.44. The summed E-state index contributed by atoms with van der Waals surface area (Å²) in [5.41, 5.74) is 0.994. The molecule has 1 aliphatic heterocycles. The zero-order valence-electron chi connectivity index (χ0n) is 9.79. The summed E-state index contributed by atoms with van der Waals surface area (Å²) in [4.78, 5) is 0. The molecule has 88 valence electrons. The zero-order valence-corrected chi connectivity index (χ0v) is 9.79. The first-order chi connectivity index (χ1) is 7.69. The van der Waals surface area contributed by atoms with Crippen molar-refractivity contribution in [3.8, 4) is 5.75 Å². The minimum Gasteiger partial charge on any atom is -0.490 e. The van der Waals surface area contributed by atoms with Gasteiger partial charge in [0.05, 0.1) is 0 Å². The summed E-state index contributed by atoms with van der Waals surface area (Å²) >= 11 is 0. The fraction of sp³-hybridized carbons (Fsp3) is 0.538. The van der Waals surface area contributed by atoms with Crippen LogP contribution in [0.2, 0.25) is 0 Å². The molecule has 2 unspecified atom stereocenters. The summed E-state index contributed by atoms with van der Waals surface area (Å²) in [6.45, 7) is 5.21. The minimum absolute atomic E-state index is 0.178. The van der Waals surface area contributed by atoms with Gasteiger partial charge in [0.1, 0.15) is 17.7 Å². The van der Waals surface area contributed by atoms with Crippen LogP contribution in [0.4, 0.5) is 4.39 Å². The van der Waals surface area contributed by atoms with E-state index in [-0.39, 0.29) is 11.9 Å². The van der Waals surface area contributed by atoms with E-state index in [0.29, 0.717) is 6.04 Å². The minimum atomic E-state index is -0.178. The normalized spacial score (nSPS) is 20.3. The molecule has 1 aromatic carbocycles. The Morgan fingerprint density at radius 3 is 3.12 bits per heavy atom. The number of hydrogen-bond donors (Lipinski definition) is 1. The first-order valence-electron chi connectivity index (χ1n) is 5.87. The molecule has 16 heavy (non-hydrogen) atoms. The second-order valence-corrected chi connectivity index (χ2v) is 4.39. The molecule has 0 saturated carbocycles. The van der Waals surface area contributed by atoms with Gasteiger partial charge < -0.3 is 10.1 Å². The Labute approximate surface area is 95.8 Å². The maximum Gasteiger partial charge on any atom is 0.123 e. The Morgan fingerprint density at radius 2 is 2.38 bits per heavy atom. The van der Waals surface area contributed by atoms with Gasteiger partial charge in [0.2, 0.25) is 0 Å². The number of ether oxygens (including phenoxy) is 1. The number of rotatable bonds is 4. The zero-order chi connectivity index (χ0) is 11.5. The highest BCUT2D eigenvalue weighted by molar-refractivity contribution is 5.37. The van der Waals surface area contributed by atoms with Gasteiger partial charge in [-0.2, -0.15) is 0 Å². The second kappa shape index (κ2) is 4.83. The second-order valence-electron chi connectivity index (χ2n) is 4.39. The average molecular weight is 223 g/mol. The van der Waals surface area contributed by atoms with Crippen LogP contribution in [0.5, 0.6) is 5.75 Å². The third-order valence-electron chi connectivity index (χ3n) is 2.93. The maximum absolute atomic E-state index is 13.0. The Bertz CT molecular complexity index is 367. The van der Waals surface area contributed by atoms with Crippen molar-refractivity contribution in [3.05, 3.63) is 29.6 Å². The van der Waals surface area contributed by atoms with Gasteiger partial charge in [-0.15, -0.1) is 0 Å². The number of fused-ring (bicyclic) bond motifs is 1. The van der Waals surface area contributed by atoms with Gasteiger partial charge in [0, 0.05) is 18.0 Å². The summed E-state index contributed by atoms with van der Waals surface area (Å²) in [7, 11) is 0. The van der Waals surface area contributed by atoms with Crippen molar-refractivity contribution in [3.63, 3.8) is 0 Å². The third kappa shape index (κ3) is 2.53. The molecule has 0 bridgehead atoms. The number of benzene rings is 1. The SMILES string of the molecule is CCNC(C)CC1Cc2cc(F)ccc2O1. The molecular formula is C13H18FNO. The van der Waals surface area contributed by atoms with Crippen molar-refractivity contribution < 1.29 is 9.13 Å². The van der Waals surface area contributed by atoms with Crippen molar-refractivity contribution in [1.29, 1.82) is 0 Å². The first kappa shape index (κ1) is 11.4. The summed E-state index contributed by atoms with van der Waals surface area (Å²) in [6, 6.07) is 5.19. The smallest absolute Gasteiger partial charge is 0.123 e. The van der Waals surface area contributed by atoms with Crippen molar-refractivity contribution in [2.24, 2.45) is 0 Å². The molecular weight excluding hydrogens is 205 g/mol. The Balaban J connectivity index is 1.95. The molecule has 0 saturated heterocycles. The predicted molar refractivity (Wildman–Crippen MR) is 62.3 cm³/mol. The van der Waals surface area contributed by atoms with Crippen LogP contribution in [0.15, 0.2) is 18.2 Å². The van der Waals surface area contributed by atoms with Gasteiger partial charge in [-0.25, -0.2) is 4.39 Å². The molecule has 3 heteroatoms. The van der Waals surface area contributed by atoms with Crippen molar-refractivity contribution in [1.82, 2.24) is 5.32 Å². The molecule has 0 aliphatic carbocycles. The third-order valence-corrected chi connectivity index (χ3v) is 2.93. The van der Waals surface area contributed by atoms with E-state index in [4.69, 9.17) is 4.74 Å². The molecule has 2 nitrogen and oxygen atoms in total. The van der Waals surface area contributed by atoms with Crippen molar-refractivity contribution >= 4 is 0 Å². The molecule has 1 N–H and O–H groups in total. The van der Waals surface area contributed by atoms with Crippen LogP contribution in [-0.2, 0) is 6.42 Å². The van der Waals surface area contributed by atoms with E-state index < -0.39 is 0 Å². The highest BCUT2D eigenvalue weighted by atomic mass is 19.1. The molecule has 2 atom stereocenters. The van der Waals surface area contributed by atoms with E-state index in [1.807, 2.05) is 0 Å². The predicted octanol–water partition coefficient (Wildman–Crippen LogP) is 2.52. The summed E-state index contributed by atoms with van der Waals surface area (Å²) in [5, 5.41) is 3.36. The van der Waals surface area contributed by atoms with Gasteiger partial charge >= 0.3 is 0 Å². The number of hydrogen-bond acceptors (Lipinski definition) is 2. The van der Waals surface area contributed by atoms with E-state index >= 15 is 0 Å². The Hall–Kier alpha value is -1.09. The van der Waals surface area contributed by atoms with Gasteiger partial charge in [-0.05, 0) is 38.1 Å². The standard InChI is InChI=1S/C13H18FNO/c1-3-15-9(2)6-12-8-10-7-11(14)4-5-13(10)16-12/h4-5,7,9,12,15H,3,6,8H2,1-2H3. The highest BCUT2D eigenvalue weighted by Gasteiger charge is 2.24. The van der Waals surface area contributed by atoms with E-state index in [2.05, 4.69) is 19.2 Å². The molecule has 0 aromatic heterocycles. The van der Waals surface area contributed by atoms with E-state index in [0.717, 1.165) is 30.7 Å². The lowest BCUT2D eigenvalue weighted by atomic mass is 10.0. The van der Waals surface area contributed by atoms with Crippen LogP contribution >= 0.6 is 0 Å². The average Bonchev–Trinajstić information content (AvgIpc) is 2.59. The topological polar surface area (TPSA) is 21.3 Å². The molecule has 0 radical (unpaired) electrons. The van der Waals surface area contributed by atoms with Crippen LogP contribution in [-0.4, -0.2) is 18.7 Å². The Morgan fingerprint density at radius 1 is 1.56 bits per heavy atom. The van der Waals surface area contributed by atoms with Crippen molar-refractivity contribution in [2.45, 2.75) is 38.8 Å². The monoisotopic (exact) mass is 223 g/mol. The quantitative estimate of drug-likeness (QED) is 0.847. The number of nitrogens with one attached hydrogen (secondary N) is 1. The van der Waals surface area contributed by atoms with Crippen LogP contribution in [0.1, 0.15) is 25.8 Å². The van der Waals surface area contributed by atoms with Crippen molar-refractivity contribution in [2.75, 3.05) is 6.54 Å². The lowest BCUT2D eigenvalue weighted by molar-refractivity contribution is 0.205. The van der Waals surface area contributed by atoms with Crippen LogP contribution in [0.25, 0.3) is 0 Å². The lowest BCUT2D eigenvalue weighted by Crippen LogP contribution is -2.31. The van der Waals surface area contributed by atoms with Crippen LogP contribution in [0.3, 0.4) is 0 Å². The first-order valence-corrected chi connectivity index (χ1v) is 5.87. The van der Waals surface area contributed by atoms with Crippen LogP contribution in [0, 0.1) is 5.82 Å². The van der Waals surface area contributed by atoms with E-state index in [1.165, 1.54) is 6.07 Å². The lowest BCUT2D eigenvalue weighted by Gasteiger charge is -2.17. The molecule has 0 spiro atoms. The molecule has 0 amide bonds. The molecule has 0 fully saturated rings. The van der Waals surface area contributed by atoms with E-state index in [1.54, 1.807) is 12.1 Å². The maximum atomic E-state index is 13.0. The van der Waals surface area contributed by atoms with Gasteiger partial charge in [0.15, 0.2) is 0 Å². The fourth-order valence-electron chi connectivity index (χ4n) is 2.25. The largest absolute Gasteiger partial charge is 0.490 e. The summed E-state index contributed by atoms with van der Waals surface area (Å²) < 4.78 is 18.8. The summed E-state index contributed by atoms with van der Waals surface area (Å²) in [5.74, 6) is 0.665. The van der Waals surface area contributed by atoms with Gasteiger partial charge in [-0.1, -0.05) is 6.92 Å². The van der Waals surface area contributed by atoms with E-state index in [9.17, 15) is 4.39 Å². The number of halogens is 1. The fourth-order valence-corrected chi connectivity index (χ4v) is 2.25. The molecule has 1 heterocycles. The molecule has 1 aromatic rings. The molecule has 2 rings (SSSR count). The molecule has 1 aliphatic rings.